The first kappa shape index (κ1) is 15.0. The number of aryl methyl sites for hydroxylation is 1. The number of esters is 1. The quantitative estimate of drug-likeness (QED) is 0.636. The fraction of sp³-hybridized carbons (Fsp3) is 0.158. The molecule has 1 aliphatic rings. The number of para-hydroxylation sites is 1. The van der Waals surface area contributed by atoms with Crippen molar-refractivity contribution in [2.24, 2.45) is 7.05 Å². The highest BCUT2D eigenvalue weighted by Gasteiger charge is 2.34. The number of nitrogens with zero attached hydrogens (tertiary/aromatic N) is 1. The summed E-state index contributed by atoms with van der Waals surface area (Å²) in [6, 6.07) is 14.7. The van der Waals surface area contributed by atoms with Crippen molar-refractivity contribution in [1.82, 2.24) is 4.57 Å². The van der Waals surface area contributed by atoms with Crippen molar-refractivity contribution in [3.05, 3.63) is 75.0 Å². The van der Waals surface area contributed by atoms with E-state index in [1.165, 1.54) is 0 Å². The van der Waals surface area contributed by atoms with Crippen LogP contribution >= 0.6 is 11.6 Å². The molecule has 3 aromatic rings. The van der Waals surface area contributed by atoms with E-state index in [4.69, 9.17) is 16.3 Å². The van der Waals surface area contributed by atoms with Gasteiger partial charge < -0.3 is 9.30 Å². The maximum Gasteiger partial charge on any atom is 0.312 e. The van der Waals surface area contributed by atoms with Crippen LogP contribution in [0.1, 0.15) is 23.5 Å². The second-order valence-corrected chi connectivity index (χ2v) is 6.28. The van der Waals surface area contributed by atoms with E-state index in [9.17, 15) is 9.59 Å². The molecule has 1 aromatic heterocycles. The van der Waals surface area contributed by atoms with Crippen molar-refractivity contribution in [1.29, 1.82) is 0 Å². The van der Waals surface area contributed by atoms with Crippen molar-refractivity contribution in [2.45, 2.75) is 12.3 Å². The first-order valence-electron chi connectivity index (χ1n) is 7.64. The van der Waals surface area contributed by atoms with Crippen molar-refractivity contribution in [3.8, 4) is 5.75 Å². The maximum atomic E-state index is 13.0. The summed E-state index contributed by atoms with van der Waals surface area (Å²) in [5.74, 6) is -0.404. The van der Waals surface area contributed by atoms with Crippen LogP contribution in [0.3, 0.4) is 0 Å². The SMILES string of the molecule is Cn1c(=O)c2c(c3ccccc31)OC(=O)C[C@H]2c1ccccc1Cl. The highest BCUT2D eigenvalue weighted by molar-refractivity contribution is 6.31. The minimum atomic E-state index is -0.404. The predicted molar refractivity (Wildman–Crippen MR) is 92.7 cm³/mol. The van der Waals surface area contributed by atoms with E-state index in [0.29, 0.717) is 16.3 Å². The zero-order chi connectivity index (χ0) is 16.8. The van der Waals surface area contributed by atoms with E-state index in [0.717, 1.165) is 16.5 Å². The number of ether oxygens (including phenoxy) is 1. The van der Waals surface area contributed by atoms with Crippen molar-refractivity contribution in [2.75, 3.05) is 0 Å². The van der Waals surface area contributed by atoms with Crippen molar-refractivity contribution >= 4 is 28.5 Å². The lowest BCUT2D eigenvalue weighted by Crippen LogP contribution is -2.31. The zero-order valence-corrected chi connectivity index (χ0v) is 13.7. The van der Waals surface area contributed by atoms with E-state index in [-0.39, 0.29) is 17.9 Å². The summed E-state index contributed by atoms with van der Waals surface area (Å²) in [7, 11) is 1.73. The number of fused-ring (bicyclic) bond motifs is 3. The Kier molecular flexibility index (Phi) is 3.43. The summed E-state index contributed by atoms with van der Waals surface area (Å²) >= 11 is 6.32. The topological polar surface area (TPSA) is 48.3 Å². The molecule has 0 spiro atoms. The van der Waals surface area contributed by atoms with Gasteiger partial charge in [-0.15, -0.1) is 0 Å². The Morgan fingerprint density at radius 1 is 1.08 bits per heavy atom. The molecule has 24 heavy (non-hydrogen) atoms. The van der Waals surface area contributed by atoms with E-state index in [1.54, 1.807) is 17.7 Å². The average Bonchev–Trinajstić information content (AvgIpc) is 2.59. The third-order valence-corrected chi connectivity index (χ3v) is 4.85. The molecule has 4 nitrogen and oxygen atoms in total. The Hall–Kier alpha value is -2.59. The number of halogens is 1. The normalized spacial score (nSPS) is 16.8. The summed E-state index contributed by atoms with van der Waals surface area (Å²) in [5.41, 5.74) is 1.82. The molecule has 0 radical (unpaired) electrons. The van der Waals surface area contributed by atoms with Gasteiger partial charge in [-0.05, 0) is 23.8 Å². The second-order valence-electron chi connectivity index (χ2n) is 5.88. The molecule has 120 valence electrons. The van der Waals surface area contributed by atoms with E-state index in [2.05, 4.69) is 0 Å². The lowest BCUT2D eigenvalue weighted by molar-refractivity contribution is -0.135. The smallest absolute Gasteiger partial charge is 0.312 e. The lowest BCUT2D eigenvalue weighted by atomic mass is 9.86. The molecule has 0 fully saturated rings. The first-order chi connectivity index (χ1) is 11.6. The summed E-state index contributed by atoms with van der Waals surface area (Å²) in [4.78, 5) is 25.1. The van der Waals surface area contributed by atoms with Gasteiger partial charge >= 0.3 is 5.97 Å². The third-order valence-electron chi connectivity index (χ3n) is 4.51. The first-order valence-corrected chi connectivity index (χ1v) is 8.02. The Balaban J connectivity index is 2.09. The fourth-order valence-corrected chi connectivity index (χ4v) is 3.62. The minimum Gasteiger partial charge on any atom is -0.425 e. The Morgan fingerprint density at radius 3 is 2.58 bits per heavy atom. The van der Waals surface area contributed by atoms with Crippen LogP contribution in [0.15, 0.2) is 53.3 Å². The van der Waals surface area contributed by atoms with E-state index >= 15 is 0 Å². The van der Waals surface area contributed by atoms with Crippen LogP contribution in [0.2, 0.25) is 5.02 Å². The molecule has 0 aliphatic carbocycles. The van der Waals surface area contributed by atoms with E-state index < -0.39 is 5.92 Å². The molecular weight excluding hydrogens is 326 g/mol. The number of hydrogen-bond donors (Lipinski definition) is 0. The molecule has 1 atom stereocenters. The molecule has 2 heterocycles. The van der Waals surface area contributed by atoms with Crippen LogP contribution < -0.4 is 10.3 Å². The lowest BCUT2D eigenvalue weighted by Gasteiger charge is -2.26. The summed E-state index contributed by atoms with van der Waals surface area (Å²) < 4.78 is 7.07. The van der Waals surface area contributed by atoms with Crippen LogP contribution in [0.25, 0.3) is 10.9 Å². The highest BCUT2D eigenvalue weighted by atomic mass is 35.5. The number of carbonyl (C=O) groups is 1. The molecular formula is C19H14ClNO3. The molecule has 0 amide bonds. The third kappa shape index (κ3) is 2.14. The Labute approximate surface area is 143 Å². The monoisotopic (exact) mass is 339 g/mol. The van der Waals surface area contributed by atoms with Gasteiger partial charge in [0.15, 0.2) is 0 Å². The molecule has 0 bridgehead atoms. The number of pyridine rings is 1. The molecule has 0 N–H and O–H groups in total. The number of hydrogen-bond acceptors (Lipinski definition) is 3. The van der Waals surface area contributed by atoms with Gasteiger partial charge in [-0.25, -0.2) is 0 Å². The van der Waals surface area contributed by atoms with Gasteiger partial charge in [0.2, 0.25) is 0 Å². The van der Waals surface area contributed by atoms with Crippen LogP contribution in [0.4, 0.5) is 0 Å². The van der Waals surface area contributed by atoms with Crippen molar-refractivity contribution in [3.63, 3.8) is 0 Å². The van der Waals surface area contributed by atoms with E-state index in [1.807, 2.05) is 42.5 Å². The second kappa shape index (κ2) is 5.49. The average molecular weight is 340 g/mol. The van der Waals surface area contributed by atoms with Gasteiger partial charge in [-0.1, -0.05) is 41.9 Å². The molecule has 4 rings (SSSR count). The number of benzene rings is 2. The molecule has 0 unspecified atom stereocenters. The molecule has 2 aromatic carbocycles. The van der Waals surface area contributed by atoms with Crippen LogP contribution in [0, 0.1) is 0 Å². The van der Waals surface area contributed by atoms with Gasteiger partial charge in [0.1, 0.15) is 5.75 Å². The Morgan fingerprint density at radius 2 is 1.79 bits per heavy atom. The fourth-order valence-electron chi connectivity index (χ4n) is 3.36. The van der Waals surface area contributed by atoms with Gasteiger partial charge in [-0.2, -0.15) is 0 Å². The van der Waals surface area contributed by atoms with Crippen molar-refractivity contribution < 1.29 is 9.53 Å². The van der Waals surface area contributed by atoms with Gasteiger partial charge in [0.05, 0.1) is 17.5 Å². The molecule has 0 saturated carbocycles. The number of rotatable bonds is 1. The van der Waals surface area contributed by atoms with Gasteiger partial charge in [0.25, 0.3) is 5.56 Å². The Bertz CT molecular complexity index is 1040. The summed E-state index contributed by atoms with van der Waals surface area (Å²) in [6.07, 6.45) is 0.102. The zero-order valence-electron chi connectivity index (χ0n) is 13.0. The predicted octanol–water partition coefficient (Wildman–Crippen LogP) is 3.63. The van der Waals surface area contributed by atoms with Gasteiger partial charge in [0, 0.05) is 23.4 Å². The van der Waals surface area contributed by atoms with Crippen LogP contribution in [-0.4, -0.2) is 10.5 Å². The van der Waals surface area contributed by atoms with Gasteiger partial charge in [-0.3, -0.25) is 9.59 Å². The number of aromatic nitrogens is 1. The number of carbonyl (C=O) groups excluding carboxylic acids is 1. The van der Waals surface area contributed by atoms with Crippen LogP contribution in [-0.2, 0) is 11.8 Å². The summed E-state index contributed by atoms with van der Waals surface area (Å²) in [5, 5.41) is 1.29. The van der Waals surface area contributed by atoms with Crippen LogP contribution in [0.5, 0.6) is 5.75 Å². The molecule has 1 aliphatic heterocycles. The molecule has 0 saturated heterocycles. The largest absolute Gasteiger partial charge is 0.425 e. The standard InChI is InChI=1S/C19H14ClNO3/c1-21-15-9-5-3-7-12(15)18-17(19(21)23)13(10-16(22)24-18)11-6-2-4-8-14(11)20/h2-9,13H,10H2,1H3/t13-/m0/s1. The molecule has 5 heteroatoms. The minimum absolute atomic E-state index is 0.102. The maximum absolute atomic E-state index is 13.0. The highest BCUT2D eigenvalue weighted by Crippen LogP contribution is 2.42. The summed E-state index contributed by atoms with van der Waals surface area (Å²) in [6.45, 7) is 0.